The average Bonchev–Trinajstić information content (AvgIpc) is 3.33. The molecule has 1 N–H and O–H groups in total. The number of esters is 3. The first-order valence-electron chi connectivity index (χ1n) is 12.5. The van der Waals surface area contributed by atoms with Gasteiger partial charge in [0, 0.05) is 0 Å². The van der Waals surface area contributed by atoms with E-state index in [1.165, 1.54) is 6.20 Å². The normalized spacial score (nSPS) is 19.7. The van der Waals surface area contributed by atoms with Gasteiger partial charge in [-0.25, -0.2) is 19.2 Å². The van der Waals surface area contributed by atoms with E-state index in [1.807, 2.05) is 0 Å². The molecule has 0 unspecified atom stereocenters. The third kappa shape index (κ3) is 6.45. The Morgan fingerprint density at radius 2 is 1.27 bits per heavy atom. The van der Waals surface area contributed by atoms with Crippen LogP contribution >= 0.6 is 12.2 Å². The number of aromatic amines is 1. The molecule has 0 bridgehead atoms. The summed E-state index contributed by atoms with van der Waals surface area (Å²) in [6, 6.07) is 24.5. The summed E-state index contributed by atoms with van der Waals surface area (Å²) in [6.45, 7) is -0.395. The lowest BCUT2D eigenvalue weighted by Gasteiger charge is -2.24. The molecule has 0 radical (unpaired) electrons. The number of H-pyrrole nitrogens is 1. The van der Waals surface area contributed by atoms with Gasteiger partial charge < -0.3 is 18.9 Å². The van der Waals surface area contributed by atoms with E-state index < -0.39 is 54.7 Å². The zero-order valence-electron chi connectivity index (χ0n) is 21.3. The lowest BCUT2D eigenvalue weighted by molar-refractivity contribution is -0.0699. The van der Waals surface area contributed by atoms with E-state index in [1.54, 1.807) is 91.0 Å². The maximum absolute atomic E-state index is 13.1. The number of ether oxygens (including phenoxy) is 4. The second-order valence-corrected chi connectivity index (χ2v) is 9.32. The van der Waals surface area contributed by atoms with Gasteiger partial charge in [0.2, 0.25) is 0 Å². The van der Waals surface area contributed by atoms with Gasteiger partial charge in [-0.2, -0.15) is 9.78 Å². The summed E-state index contributed by atoms with van der Waals surface area (Å²) < 4.78 is 24.1. The van der Waals surface area contributed by atoms with E-state index in [-0.39, 0.29) is 15.8 Å². The van der Waals surface area contributed by atoms with Crippen molar-refractivity contribution in [3.63, 3.8) is 0 Å². The first-order chi connectivity index (χ1) is 19.9. The number of nitrogens with one attached hydrogen (secondary N) is 1. The van der Waals surface area contributed by atoms with Crippen LogP contribution in [0.15, 0.2) is 102 Å². The Kier molecular flexibility index (Phi) is 8.42. The summed E-state index contributed by atoms with van der Waals surface area (Å²) in [5.74, 6) is -2.15. The third-order valence-electron chi connectivity index (χ3n) is 6.16. The highest BCUT2D eigenvalue weighted by atomic mass is 32.1. The molecule has 208 valence electrons. The molecule has 0 amide bonds. The van der Waals surface area contributed by atoms with Crippen LogP contribution in [0.2, 0.25) is 0 Å². The van der Waals surface area contributed by atoms with E-state index in [2.05, 4.69) is 10.1 Å². The number of nitrogens with zero attached hydrogens (tertiary/aromatic N) is 2. The number of hydrogen-bond acceptors (Lipinski definition) is 10. The molecule has 1 aromatic heterocycles. The Balaban J connectivity index is 1.50. The molecule has 2 heterocycles. The Bertz CT molecular complexity index is 1640. The smallest absolute Gasteiger partial charge is 0.345 e. The predicted octanol–water partition coefficient (Wildman–Crippen LogP) is 3.51. The lowest BCUT2D eigenvalue weighted by atomic mass is 10.1. The molecule has 0 saturated carbocycles. The molecule has 41 heavy (non-hydrogen) atoms. The van der Waals surface area contributed by atoms with Crippen LogP contribution in [-0.2, 0) is 18.9 Å². The zero-order chi connectivity index (χ0) is 28.8. The van der Waals surface area contributed by atoms with Gasteiger partial charge in [-0.3, -0.25) is 4.98 Å². The zero-order valence-corrected chi connectivity index (χ0v) is 22.1. The van der Waals surface area contributed by atoms with Crippen molar-refractivity contribution in [1.29, 1.82) is 0 Å². The number of carbonyl (C=O) groups is 3. The monoisotopic (exact) mass is 573 g/mol. The number of rotatable bonds is 8. The summed E-state index contributed by atoms with van der Waals surface area (Å²) in [7, 11) is 0. The number of benzene rings is 3. The quantitative estimate of drug-likeness (QED) is 0.189. The van der Waals surface area contributed by atoms with Gasteiger partial charge in [0.25, 0.3) is 0 Å². The van der Waals surface area contributed by atoms with E-state index in [0.29, 0.717) is 5.56 Å². The highest BCUT2D eigenvalue weighted by Gasteiger charge is 2.52. The van der Waals surface area contributed by atoms with Crippen molar-refractivity contribution < 1.29 is 33.3 Å². The molecule has 1 fully saturated rings. The molecule has 4 aromatic rings. The molecule has 11 nitrogen and oxygen atoms in total. The van der Waals surface area contributed by atoms with Gasteiger partial charge in [-0.1, -0.05) is 66.8 Å². The van der Waals surface area contributed by atoms with Crippen LogP contribution in [0.25, 0.3) is 0 Å². The minimum atomic E-state index is -1.37. The van der Waals surface area contributed by atoms with Crippen molar-refractivity contribution in [2.75, 3.05) is 6.61 Å². The van der Waals surface area contributed by atoms with Gasteiger partial charge in [0.05, 0.1) is 22.9 Å². The van der Waals surface area contributed by atoms with E-state index in [9.17, 15) is 19.2 Å². The topological polar surface area (TPSA) is 139 Å². The Morgan fingerprint density at radius 3 is 1.78 bits per heavy atom. The van der Waals surface area contributed by atoms with E-state index in [4.69, 9.17) is 31.2 Å². The molecule has 1 aliphatic heterocycles. The first-order valence-corrected chi connectivity index (χ1v) is 12.9. The van der Waals surface area contributed by atoms with Gasteiger partial charge in [0.15, 0.2) is 18.4 Å². The van der Waals surface area contributed by atoms with Crippen LogP contribution in [0, 0.1) is 4.64 Å². The standard InChI is InChI=1S/C29H23N3O8S/c33-26(18-10-4-1-5-11-18)37-17-21-23(39-27(34)19-12-6-2-7-13-19)24(40-28(35)20-14-8-3-9-15-20)25(38-21)32-29(36)31-22(41)16-30-32/h1-16,21,23-25H,17H2,(H,31,36,41)/t21-,23-,24+,25-/m0/s1. The van der Waals surface area contributed by atoms with Gasteiger partial charge in [0.1, 0.15) is 17.4 Å². The molecular weight excluding hydrogens is 550 g/mol. The molecule has 12 heteroatoms. The molecule has 1 aliphatic rings. The van der Waals surface area contributed by atoms with Crippen molar-refractivity contribution in [3.8, 4) is 0 Å². The minimum Gasteiger partial charge on any atom is -0.459 e. The molecule has 1 saturated heterocycles. The summed E-state index contributed by atoms with van der Waals surface area (Å²) in [4.78, 5) is 54.2. The summed E-state index contributed by atoms with van der Waals surface area (Å²) in [5, 5.41) is 4.04. The molecule has 4 atom stereocenters. The fourth-order valence-electron chi connectivity index (χ4n) is 4.20. The van der Waals surface area contributed by atoms with Crippen molar-refractivity contribution >= 4 is 30.1 Å². The lowest BCUT2D eigenvalue weighted by Crippen LogP contribution is -2.43. The molecule has 0 aliphatic carbocycles. The van der Waals surface area contributed by atoms with Crippen LogP contribution in [0.4, 0.5) is 0 Å². The summed E-state index contributed by atoms with van der Waals surface area (Å²) in [6.07, 6.45) is -3.97. The SMILES string of the molecule is O=C(OC[C@@H]1O[C@H](n2ncc(=S)[nH]c2=O)[C@H](OC(=O)c2ccccc2)[C@H]1OC(=O)c1ccccc1)c1ccccc1. The van der Waals surface area contributed by atoms with Crippen molar-refractivity contribution in [2.24, 2.45) is 0 Å². The van der Waals surface area contributed by atoms with Crippen LogP contribution in [0.5, 0.6) is 0 Å². The largest absolute Gasteiger partial charge is 0.459 e. The average molecular weight is 574 g/mol. The van der Waals surface area contributed by atoms with Crippen molar-refractivity contribution in [3.05, 3.63) is 129 Å². The first kappa shape index (κ1) is 27.6. The molecule has 0 spiro atoms. The fraction of sp³-hybridized carbons (Fsp3) is 0.172. The van der Waals surface area contributed by atoms with Gasteiger partial charge >= 0.3 is 23.6 Å². The molecule has 3 aromatic carbocycles. The number of carbonyl (C=O) groups excluding carboxylic acids is 3. The second kappa shape index (κ2) is 12.5. The van der Waals surface area contributed by atoms with E-state index >= 15 is 0 Å². The molecular formula is C29H23N3O8S. The van der Waals surface area contributed by atoms with Crippen LogP contribution in [0.3, 0.4) is 0 Å². The fourth-order valence-corrected chi connectivity index (χ4v) is 4.33. The minimum absolute atomic E-state index is 0.0717. The second-order valence-electron chi connectivity index (χ2n) is 8.89. The Hall–Kier alpha value is -4.94. The number of aromatic nitrogens is 3. The number of hydrogen-bond donors (Lipinski definition) is 1. The third-order valence-corrected chi connectivity index (χ3v) is 6.37. The Morgan fingerprint density at radius 1 is 0.780 bits per heavy atom. The van der Waals surface area contributed by atoms with E-state index in [0.717, 1.165) is 4.68 Å². The maximum Gasteiger partial charge on any atom is 0.345 e. The van der Waals surface area contributed by atoms with Crippen molar-refractivity contribution in [1.82, 2.24) is 14.8 Å². The summed E-state index contributed by atoms with van der Waals surface area (Å²) in [5.41, 5.74) is -0.0203. The Labute approximate surface area is 238 Å². The molecule has 5 rings (SSSR count). The maximum atomic E-state index is 13.1. The summed E-state index contributed by atoms with van der Waals surface area (Å²) >= 11 is 4.99. The highest BCUT2D eigenvalue weighted by molar-refractivity contribution is 7.71. The van der Waals surface area contributed by atoms with Gasteiger partial charge in [-0.15, -0.1) is 0 Å². The highest BCUT2D eigenvalue weighted by Crippen LogP contribution is 2.34. The van der Waals surface area contributed by atoms with Crippen LogP contribution in [-0.4, -0.2) is 57.6 Å². The van der Waals surface area contributed by atoms with Gasteiger partial charge in [-0.05, 0) is 36.4 Å². The van der Waals surface area contributed by atoms with Crippen LogP contribution in [0.1, 0.15) is 37.3 Å². The van der Waals surface area contributed by atoms with Crippen molar-refractivity contribution in [2.45, 2.75) is 24.5 Å². The predicted molar refractivity (Wildman–Crippen MR) is 146 cm³/mol. The van der Waals surface area contributed by atoms with Crippen LogP contribution < -0.4 is 5.69 Å².